The van der Waals surface area contributed by atoms with Crippen LogP contribution in [0.2, 0.25) is 0 Å². The van der Waals surface area contributed by atoms with E-state index in [4.69, 9.17) is 19.9 Å². The fourth-order valence-electron chi connectivity index (χ4n) is 1.50. The number of aromatic nitrogens is 3. The van der Waals surface area contributed by atoms with Crippen LogP contribution in [-0.2, 0) is 0 Å². The number of nitrogens with two attached hydrogens (primary N) is 1. The maximum Gasteiger partial charge on any atom is 0.324 e. The summed E-state index contributed by atoms with van der Waals surface area (Å²) in [6.07, 6.45) is 0. The lowest BCUT2D eigenvalue weighted by Crippen LogP contribution is -2.14. The average Bonchev–Trinajstić information content (AvgIpc) is 2.53. The molecule has 0 atom stereocenters. The number of benzene rings is 1. The molecule has 0 spiro atoms. The van der Waals surface area contributed by atoms with Gasteiger partial charge in [-0.2, -0.15) is 9.97 Å². The SMILES string of the molecule is COc1nc(NCCOc2ccc(N)cc2)nc(OC)n1. The van der Waals surface area contributed by atoms with Crippen LogP contribution in [0.3, 0.4) is 0 Å². The summed E-state index contributed by atoms with van der Waals surface area (Å²) < 4.78 is 15.5. The van der Waals surface area contributed by atoms with Gasteiger partial charge in [0.15, 0.2) is 0 Å². The Labute approximate surface area is 122 Å². The lowest BCUT2D eigenvalue weighted by molar-refractivity contribution is 0.330. The molecule has 8 nitrogen and oxygen atoms in total. The van der Waals surface area contributed by atoms with Gasteiger partial charge < -0.3 is 25.3 Å². The second-order valence-electron chi connectivity index (χ2n) is 3.98. The minimum absolute atomic E-state index is 0.184. The Morgan fingerprint density at radius 2 is 1.62 bits per heavy atom. The lowest BCUT2D eigenvalue weighted by atomic mass is 10.3. The third-order valence-electron chi connectivity index (χ3n) is 2.49. The van der Waals surface area contributed by atoms with E-state index in [-0.39, 0.29) is 12.0 Å². The molecule has 0 amide bonds. The zero-order chi connectivity index (χ0) is 15.1. The topological polar surface area (TPSA) is 104 Å². The fraction of sp³-hybridized carbons (Fsp3) is 0.308. The van der Waals surface area contributed by atoms with Crippen molar-refractivity contribution < 1.29 is 14.2 Å². The molecule has 21 heavy (non-hydrogen) atoms. The molecule has 3 N–H and O–H groups in total. The number of ether oxygens (including phenoxy) is 3. The fourth-order valence-corrected chi connectivity index (χ4v) is 1.50. The predicted molar refractivity (Wildman–Crippen MR) is 77.8 cm³/mol. The molecule has 0 radical (unpaired) electrons. The second kappa shape index (κ2) is 7.13. The van der Waals surface area contributed by atoms with E-state index in [9.17, 15) is 0 Å². The summed E-state index contributed by atoms with van der Waals surface area (Å²) >= 11 is 0. The Morgan fingerprint density at radius 1 is 1.00 bits per heavy atom. The lowest BCUT2D eigenvalue weighted by Gasteiger charge is -2.09. The third kappa shape index (κ3) is 4.37. The molecule has 0 saturated heterocycles. The van der Waals surface area contributed by atoms with Gasteiger partial charge in [-0.05, 0) is 24.3 Å². The monoisotopic (exact) mass is 291 g/mol. The number of nitrogens with zero attached hydrogens (tertiary/aromatic N) is 3. The Kier molecular flexibility index (Phi) is 4.97. The van der Waals surface area contributed by atoms with E-state index in [0.29, 0.717) is 24.8 Å². The Bertz CT molecular complexity index is 554. The van der Waals surface area contributed by atoms with Crippen molar-refractivity contribution in [3.05, 3.63) is 24.3 Å². The first-order valence-electron chi connectivity index (χ1n) is 6.27. The number of rotatable bonds is 7. The van der Waals surface area contributed by atoms with Gasteiger partial charge in [0, 0.05) is 5.69 Å². The highest BCUT2D eigenvalue weighted by molar-refractivity contribution is 5.41. The van der Waals surface area contributed by atoms with Crippen LogP contribution >= 0.6 is 0 Å². The summed E-state index contributed by atoms with van der Waals surface area (Å²) in [7, 11) is 2.95. The molecular formula is C13H17N5O3. The average molecular weight is 291 g/mol. The molecule has 2 aromatic rings. The summed E-state index contributed by atoms with van der Waals surface area (Å²) in [5.41, 5.74) is 6.30. The van der Waals surface area contributed by atoms with Crippen molar-refractivity contribution in [3.8, 4) is 17.8 Å². The van der Waals surface area contributed by atoms with Crippen LogP contribution in [0.1, 0.15) is 0 Å². The maximum atomic E-state index is 5.60. The summed E-state index contributed by atoms with van der Waals surface area (Å²) in [6.45, 7) is 0.959. The van der Waals surface area contributed by atoms with Gasteiger partial charge in [-0.15, -0.1) is 4.98 Å². The minimum Gasteiger partial charge on any atom is -0.492 e. The van der Waals surface area contributed by atoms with Gasteiger partial charge in [-0.3, -0.25) is 0 Å². The summed E-state index contributed by atoms with van der Waals surface area (Å²) in [6, 6.07) is 7.55. The van der Waals surface area contributed by atoms with Gasteiger partial charge in [0.25, 0.3) is 0 Å². The highest BCUT2D eigenvalue weighted by Gasteiger charge is 2.06. The number of nitrogens with one attached hydrogen (secondary N) is 1. The van der Waals surface area contributed by atoms with E-state index in [0.717, 1.165) is 5.75 Å². The smallest absolute Gasteiger partial charge is 0.324 e. The first-order chi connectivity index (χ1) is 10.2. The normalized spacial score (nSPS) is 10.0. The summed E-state index contributed by atoms with van der Waals surface area (Å²) in [4.78, 5) is 12.0. The van der Waals surface area contributed by atoms with Crippen molar-refractivity contribution >= 4 is 11.6 Å². The van der Waals surface area contributed by atoms with Crippen molar-refractivity contribution in [2.75, 3.05) is 38.4 Å². The van der Waals surface area contributed by atoms with Crippen molar-refractivity contribution in [1.82, 2.24) is 15.0 Å². The predicted octanol–water partition coefficient (Wildman–Crippen LogP) is 0.962. The molecule has 1 heterocycles. The van der Waals surface area contributed by atoms with Crippen LogP contribution < -0.4 is 25.3 Å². The summed E-state index contributed by atoms with van der Waals surface area (Å²) in [5.74, 6) is 1.11. The van der Waals surface area contributed by atoms with Crippen LogP contribution in [0.25, 0.3) is 0 Å². The third-order valence-corrected chi connectivity index (χ3v) is 2.49. The van der Waals surface area contributed by atoms with Crippen LogP contribution in [0, 0.1) is 0 Å². The van der Waals surface area contributed by atoms with Crippen LogP contribution in [0.15, 0.2) is 24.3 Å². The van der Waals surface area contributed by atoms with Crippen molar-refractivity contribution in [1.29, 1.82) is 0 Å². The van der Waals surface area contributed by atoms with Gasteiger partial charge in [-0.1, -0.05) is 0 Å². The Morgan fingerprint density at radius 3 is 2.19 bits per heavy atom. The first kappa shape index (κ1) is 14.6. The van der Waals surface area contributed by atoms with Gasteiger partial charge in [0.2, 0.25) is 5.95 Å². The molecule has 1 aromatic carbocycles. The van der Waals surface area contributed by atoms with Gasteiger partial charge in [-0.25, -0.2) is 0 Å². The zero-order valence-corrected chi connectivity index (χ0v) is 11.9. The maximum absolute atomic E-state index is 5.60. The molecule has 0 aliphatic rings. The van der Waals surface area contributed by atoms with Crippen molar-refractivity contribution in [2.24, 2.45) is 0 Å². The molecule has 0 bridgehead atoms. The molecule has 0 aliphatic carbocycles. The molecule has 0 unspecified atom stereocenters. The van der Waals surface area contributed by atoms with Crippen LogP contribution in [0.5, 0.6) is 17.8 Å². The van der Waals surface area contributed by atoms with Gasteiger partial charge >= 0.3 is 12.0 Å². The van der Waals surface area contributed by atoms with Crippen molar-refractivity contribution in [3.63, 3.8) is 0 Å². The highest BCUT2D eigenvalue weighted by atomic mass is 16.5. The number of methoxy groups -OCH3 is 2. The number of anilines is 2. The minimum atomic E-state index is 0.184. The van der Waals surface area contributed by atoms with E-state index < -0.39 is 0 Å². The zero-order valence-electron chi connectivity index (χ0n) is 11.9. The van der Waals surface area contributed by atoms with Gasteiger partial charge in [0.1, 0.15) is 12.4 Å². The molecule has 2 rings (SSSR count). The molecule has 0 saturated carbocycles. The molecule has 1 aromatic heterocycles. The number of nitrogen functional groups attached to an aromatic ring is 1. The van der Waals surface area contributed by atoms with Crippen LogP contribution in [-0.4, -0.2) is 42.3 Å². The van der Waals surface area contributed by atoms with Crippen molar-refractivity contribution in [2.45, 2.75) is 0 Å². The molecule has 8 heteroatoms. The molecule has 112 valence electrons. The summed E-state index contributed by atoms with van der Waals surface area (Å²) in [5, 5.41) is 3.00. The standard InChI is InChI=1S/C13H17N5O3/c1-19-12-16-11(17-13(18-12)20-2)15-7-8-21-10-5-3-9(14)4-6-10/h3-6H,7-8,14H2,1-2H3,(H,15,16,17,18). The Hall–Kier alpha value is -2.77. The highest BCUT2D eigenvalue weighted by Crippen LogP contribution is 2.13. The quantitative estimate of drug-likeness (QED) is 0.574. The van der Waals surface area contributed by atoms with E-state index >= 15 is 0 Å². The first-order valence-corrected chi connectivity index (χ1v) is 6.27. The molecule has 0 aliphatic heterocycles. The second-order valence-corrected chi connectivity index (χ2v) is 3.98. The van der Waals surface area contributed by atoms with Crippen LogP contribution in [0.4, 0.5) is 11.6 Å². The van der Waals surface area contributed by atoms with E-state index in [1.54, 1.807) is 12.1 Å². The van der Waals surface area contributed by atoms with E-state index in [1.807, 2.05) is 12.1 Å². The molecular weight excluding hydrogens is 274 g/mol. The Balaban J connectivity index is 1.84. The largest absolute Gasteiger partial charge is 0.492 e. The number of hydrogen-bond acceptors (Lipinski definition) is 8. The number of hydrogen-bond donors (Lipinski definition) is 2. The van der Waals surface area contributed by atoms with E-state index in [2.05, 4.69) is 20.3 Å². The molecule has 0 fully saturated rings. The van der Waals surface area contributed by atoms with Gasteiger partial charge in [0.05, 0.1) is 20.8 Å². The van der Waals surface area contributed by atoms with E-state index in [1.165, 1.54) is 14.2 Å².